The molecule has 0 saturated heterocycles. The molecule has 0 spiro atoms. The monoisotopic (exact) mass is 325 g/mol. The predicted molar refractivity (Wildman–Crippen MR) is 91.7 cm³/mol. The molecular formula is C17H24ClNO3. The molecule has 0 aliphatic rings. The lowest BCUT2D eigenvalue weighted by Gasteiger charge is -1.91. The molecule has 0 N–H and O–H groups in total. The number of unbranched alkanes of at least 4 members (excludes halogenated alkanes) is 3. The Morgan fingerprint density at radius 1 is 1.14 bits per heavy atom. The number of aryl methyl sites for hydroxylation is 1. The zero-order chi connectivity index (χ0) is 16.4. The number of nitro benzene ring substituents is 1. The van der Waals surface area contributed by atoms with Gasteiger partial charge in [-0.1, -0.05) is 33.1 Å². The number of fused-ring (bicyclic) bond motifs is 1. The van der Waals surface area contributed by atoms with Crippen LogP contribution in [0.2, 0.25) is 0 Å². The minimum absolute atomic E-state index is 0.107. The van der Waals surface area contributed by atoms with Crippen LogP contribution in [0.3, 0.4) is 0 Å². The molecule has 1 heterocycles. The lowest BCUT2D eigenvalue weighted by Crippen LogP contribution is -1.85. The van der Waals surface area contributed by atoms with Crippen molar-refractivity contribution in [2.45, 2.75) is 52.4 Å². The van der Waals surface area contributed by atoms with Crippen molar-refractivity contribution in [3.8, 4) is 0 Å². The second kappa shape index (κ2) is 10.2. The van der Waals surface area contributed by atoms with E-state index in [9.17, 15) is 10.1 Å². The molecule has 0 aliphatic carbocycles. The van der Waals surface area contributed by atoms with Crippen molar-refractivity contribution in [3.63, 3.8) is 0 Å². The number of benzene rings is 1. The number of hydrogen-bond donors (Lipinski definition) is 0. The standard InChI is InChI=1S/C12H13NO3.C5H11Cl/c1-2-3-4-11-8-9-7-10(13(14)15)5-6-12(9)16-11;1-2-3-4-5-6/h5-8H,2-4H2,1H3;2-5H2,1H3. The molecule has 0 unspecified atom stereocenters. The van der Waals surface area contributed by atoms with Gasteiger partial charge in [0.15, 0.2) is 0 Å². The maximum Gasteiger partial charge on any atom is 0.270 e. The Morgan fingerprint density at radius 2 is 1.86 bits per heavy atom. The van der Waals surface area contributed by atoms with Gasteiger partial charge in [-0.15, -0.1) is 11.6 Å². The lowest BCUT2D eigenvalue weighted by atomic mass is 10.2. The van der Waals surface area contributed by atoms with Crippen LogP contribution in [0.5, 0.6) is 0 Å². The first-order valence-electron chi connectivity index (χ1n) is 7.85. The maximum atomic E-state index is 10.6. The van der Waals surface area contributed by atoms with Crippen LogP contribution < -0.4 is 0 Å². The molecule has 0 atom stereocenters. The predicted octanol–water partition coefficient (Wildman–Crippen LogP) is 6.10. The number of alkyl halides is 1. The first-order chi connectivity index (χ1) is 10.6. The molecule has 4 nitrogen and oxygen atoms in total. The van der Waals surface area contributed by atoms with E-state index in [1.165, 1.54) is 25.3 Å². The fraction of sp³-hybridized carbons (Fsp3) is 0.529. The minimum atomic E-state index is -0.391. The second-order valence-electron chi connectivity index (χ2n) is 5.19. The number of rotatable bonds is 7. The van der Waals surface area contributed by atoms with Gasteiger partial charge < -0.3 is 4.42 Å². The summed E-state index contributed by atoms with van der Waals surface area (Å²) in [6.07, 6.45) is 6.80. The minimum Gasteiger partial charge on any atom is -0.461 e. The van der Waals surface area contributed by atoms with E-state index in [2.05, 4.69) is 13.8 Å². The molecule has 122 valence electrons. The normalized spacial score (nSPS) is 10.3. The van der Waals surface area contributed by atoms with Gasteiger partial charge in [-0.05, 0) is 25.0 Å². The van der Waals surface area contributed by atoms with E-state index >= 15 is 0 Å². The summed E-state index contributed by atoms with van der Waals surface area (Å²) < 4.78 is 5.58. The van der Waals surface area contributed by atoms with Gasteiger partial charge in [0.1, 0.15) is 11.3 Å². The highest BCUT2D eigenvalue weighted by Crippen LogP contribution is 2.24. The largest absolute Gasteiger partial charge is 0.461 e. The summed E-state index contributed by atoms with van der Waals surface area (Å²) in [5, 5.41) is 11.4. The highest BCUT2D eigenvalue weighted by Gasteiger charge is 2.09. The van der Waals surface area contributed by atoms with Gasteiger partial charge in [-0.3, -0.25) is 10.1 Å². The van der Waals surface area contributed by atoms with Gasteiger partial charge in [-0.2, -0.15) is 0 Å². The molecular weight excluding hydrogens is 302 g/mol. The number of nitro groups is 1. The van der Waals surface area contributed by atoms with Crippen LogP contribution >= 0.6 is 11.6 Å². The molecule has 2 aromatic rings. The van der Waals surface area contributed by atoms with E-state index in [1.807, 2.05) is 6.07 Å². The Balaban J connectivity index is 0.000000346. The highest BCUT2D eigenvalue weighted by atomic mass is 35.5. The summed E-state index contributed by atoms with van der Waals surface area (Å²) in [5.74, 6) is 1.73. The topological polar surface area (TPSA) is 56.3 Å². The summed E-state index contributed by atoms with van der Waals surface area (Å²) in [6.45, 7) is 4.29. The van der Waals surface area contributed by atoms with Crippen molar-refractivity contribution in [3.05, 3.63) is 40.1 Å². The van der Waals surface area contributed by atoms with Gasteiger partial charge in [0.25, 0.3) is 5.69 Å². The Kier molecular flexibility index (Phi) is 8.60. The molecule has 0 saturated carbocycles. The van der Waals surface area contributed by atoms with Gasteiger partial charge in [0, 0.05) is 29.8 Å². The molecule has 22 heavy (non-hydrogen) atoms. The Labute approximate surface area is 136 Å². The smallest absolute Gasteiger partial charge is 0.270 e. The van der Waals surface area contributed by atoms with Crippen LogP contribution in [0.25, 0.3) is 11.0 Å². The molecule has 0 amide bonds. The quantitative estimate of drug-likeness (QED) is 0.267. The van der Waals surface area contributed by atoms with Gasteiger partial charge in [0.2, 0.25) is 0 Å². The SMILES string of the molecule is CCCCCCl.CCCCc1cc2cc([N+](=O)[O-])ccc2o1. The molecule has 0 aliphatic heterocycles. The molecule has 2 rings (SSSR count). The summed E-state index contributed by atoms with van der Waals surface area (Å²) >= 11 is 5.38. The number of furan rings is 1. The average Bonchev–Trinajstić information content (AvgIpc) is 2.93. The lowest BCUT2D eigenvalue weighted by molar-refractivity contribution is -0.384. The van der Waals surface area contributed by atoms with E-state index < -0.39 is 4.92 Å². The van der Waals surface area contributed by atoms with Crippen LogP contribution in [0, 0.1) is 10.1 Å². The molecule has 5 heteroatoms. The summed E-state index contributed by atoms with van der Waals surface area (Å²) in [5.41, 5.74) is 0.826. The molecule has 0 radical (unpaired) electrons. The molecule has 0 bridgehead atoms. The van der Waals surface area contributed by atoms with Gasteiger partial charge in [0.05, 0.1) is 4.92 Å². The van der Waals surface area contributed by atoms with Crippen LogP contribution in [-0.4, -0.2) is 10.8 Å². The second-order valence-corrected chi connectivity index (χ2v) is 5.57. The Bertz CT molecular complexity index is 576. The number of halogens is 1. The maximum absolute atomic E-state index is 10.6. The third-order valence-corrected chi connectivity index (χ3v) is 3.54. The van der Waals surface area contributed by atoms with E-state index in [4.69, 9.17) is 16.0 Å². The van der Waals surface area contributed by atoms with Crippen molar-refractivity contribution in [1.29, 1.82) is 0 Å². The van der Waals surface area contributed by atoms with Crippen molar-refractivity contribution >= 4 is 28.3 Å². The zero-order valence-corrected chi connectivity index (χ0v) is 14.1. The number of hydrogen-bond acceptors (Lipinski definition) is 3. The van der Waals surface area contributed by atoms with Gasteiger partial charge in [-0.25, -0.2) is 0 Å². The third-order valence-electron chi connectivity index (χ3n) is 3.28. The van der Waals surface area contributed by atoms with Crippen molar-refractivity contribution in [1.82, 2.24) is 0 Å². The van der Waals surface area contributed by atoms with E-state index in [0.29, 0.717) is 0 Å². The van der Waals surface area contributed by atoms with Crippen molar-refractivity contribution in [2.24, 2.45) is 0 Å². The summed E-state index contributed by atoms with van der Waals surface area (Å²) in [7, 11) is 0. The first kappa shape index (κ1) is 18.5. The fourth-order valence-corrected chi connectivity index (χ4v) is 2.21. The average molecular weight is 326 g/mol. The van der Waals surface area contributed by atoms with Crippen LogP contribution in [0.1, 0.15) is 51.7 Å². The number of non-ortho nitro benzene ring substituents is 1. The van der Waals surface area contributed by atoms with Gasteiger partial charge >= 0.3 is 0 Å². The highest BCUT2D eigenvalue weighted by molar-refractivity contribution is 6.17. The fourth-order valence-electron chi connectivity index (χ4n) is 2.02. The third kappa shape index (κ3) is 6.06. The van der Waals surface area contributed by atoms with Crippen LogP contribution in [0.4, 0.5) is 5.69 Å². The van der Waals surface area contributed by atoms with E-state index in [-0.39, 0.29) is 5.69 Å². The summed E-state index contributed by atoms with van der Waals surface area (Å²) in [6, 6.07) is 6.56. The van der Waals surface area contributed by atoms with Crippen LogP contribution in [-0.2, 0) is 6.42 Å². The van der Waals surface area contributed by atoms with E-state index in [0.717, 1.165) is 41.9 Å². The summed E-state index contributed by atoms with van der Waals surface area (Å²) in [4.78, 5) is 10.2. The molecule has 1 aromatic carbocycles. The molecule has 1 aromatic heterocycles. The Morgan fingerprint density at radius 3 is 2.41 bits per heavy atom. The number of nitrogens with zero attached hydrogens (tertiary/aromatic N) is 1. The van der Waals surface area contributed by atoms with Crippen molar-refractivity contribution in [2.75, 3.05) is 5.88 Å². The van der Waals surface area contributed by atoms with Crippen molar-refractivity contribution < 1.29 is 9.34 Å². The zero-order valence-electron chi connectivity index (χ0n) is 13.3. The first-order valence-corrected chi connectivity index (χ1v) is 8.38. The van der Waals surface area contributed by atoms with E-state index in [1.54, 1.807) is 12.1 Å². The molecule has 0 fully saturated rings. The Hall–Kier alpha value is -1.55. The van der Waals surface area contributed by atoms with Crippen LogP contribution in [0.15, 0.2) is 28.7 Å².